The van der Waals surface area contributed by atoms with Gasteiger partial charge in [0.1, 0.15) is 48.8 Å². The van der Waals surface area contributed by atoms with E-state index in [-0.39, 0.29) is 59.5 Å². The Labute approximate surface area is 543 Å². The van der Waals surface area contributed by atoms with Gasteiger partial charge in [-0.15, -0.1) is 6.58 Å². The fourth-order valence-electron chi connectivity index (χ4n) is 11.4. The maximum atomic E-state index is 14.7. The molecule has 15 nitrogen and oxygen atoms in total. The van der Waals surface area contributed by atoms with Crippen molar-refractivity contribution in [2.24, 2.45) is 11.3 Å². The highest BCUT2D eigenvalue weighted by molar-refractivity contribution is 5.75. The van der Waals surface area contributed by atoms with Crippen molar-refractivity contribution < 1.29 is 71.1 Å². The van der Waals surface area contributed by atoms with Gasteiger partial charge < -0.3 is 66.3 Å². The SMILES string of the molecule is C=CCCCO[C@@H]1OC[C@H](OCc2ccccc2)[C@H](OCc2ccccc2)C1O[C@@H]1OC(COCc2ccccc2)[C@H](O[C@@H]2OC(COCc3ccccc3)[C@H](OCc3ccccc3)[C@H](OCc3ccccc3)C2OC(=O)C(C)(C)C)[C@H](OCc2ccccc2)C1C. The zero-order chi connectivity index (χ0) is 63.7. The molecule has 0 aromatic heterocycles. The second-order valence-corrected chi connectivity index (χ2v) is 24.7. The van der Waals surface area contributed by atoms with Crippen molar-refractivity contribution >= 4 is 5.97 Å². The molecule has 0 radical (unpaired) electrons. The standard InChI is InChI=1S/C77H90O15/c1-6-7-29-44-81-74-71(67(84-49-60-38-23-12-24-39-60)63(54-87-74)82-47-58-34-19-10-20-35-58)91-73-55(2)66(83-48-59-36-21-11-22-37-59)69(65(88-73)53-80-46-57-32-17-9-18-33-57)90-75-72(92-76(78)77(3,4)5)70(86-51-62-42-27-14-28-43-62)68(85-50-61-40-25-13-26-41-61)64(89-75)52-79-45-56-30-15-8-16-31-56/h6,8-28,30-43,55,63-75H,1,7,29,44-54H2,2-5H3/t55?,63-,64?,65?,66+,67-,68-,69-,70-,71?,72?,73-,74+,75-/m0/s1. The maximum Gasteiger partial charge on any atom is 0.311 e. The number of carbonyl (C=O) groups excluding carboxylic acids is 1. The van der Waals surface area contributed by atoms with Crippen LogP contribution >= 0.6 is 0 Å². The van der Waals surface area contributed by atoms with Gasteiger partial charge in [-0.2, -0.15) is 0 Å². The molecule has 3 saturated heterocycles. The molecule has 5 unspecified atom stereocenters. The zero-order valence-corrected chi connectivity index (χ0v) is 53.4. The maximum absolute atomic E-state index is 14.7. The molecule has 0 amide bonds. The lowest BCUT2D eigenvalue weighted by Gasteiger charge is -2.51. The molecule has 10 rings (SSSR count). The fraction of sp³-hybridized carbons (Fsp3) is 0.416. The Kier molecular flexibility index (Phi) is 26.3. The number of carbonyl (C=O) groups is 1. The van der Waals surface area contributed by atoms with Crippen LogP contribution in [-0.2, 0) is 117 Å². The molecule has 15 heteroatoms. The first-order chi connectivity index (χ1) is 45.1. The van der Waals surface area contributed by atoms with E-state index < -0.39 is 97.2 Å². The van der Waals surface area contributed by atoms with Crippen LogP contribution in [0.15, 0.2) is 225 Å². The number of benzene rings is 7. The van der Waals surface area contributed by atoms with Gasteiger partial charge in [-0.25, -0.2) is 0 Å². The molecule has 0 saturated carbocycles. The van der Waals surface area contributed by atoms with Crippen LogP contribution in [0.2, 0.25) is 0 Å². The summed E-state index contributed by atoms with van der Waals surface area (Å²) in [5.74, 6) is -1.10. The predicted octanol–water partition coefficient (Wildman–Crippen LogP) is 13.5. The summed E-state index contributed by atoms with van der Waals surface area (Å²) in [5.41, 5.74) is 5.69. The van der Waals surface area contributed by atoms with Gasteiger partial charge in [0.15, 0.2) is 25.0 Å². The Balaban J connectivity index is 1.04. The van der Waals surface area contributed by atoms with Gasteiger partial charge in [0.2, 0.25) is 0 Å². The van der Waals surface area contributed by atoms with E-state index in [0.29, 0.717) is 19.6 Å². The molecule has 3 fully saturated rings. The van der Waals surface area contributed by atoms with Crippen molar-refractivity contribution in [1.82, 2.24) is 0 Å². The highest BCUT2D eigenvalue weighted by Gasteiger charge is 2.56. The van der Waals surface area contributed by atoms with Crippen molar-refractivity contribution in [3.8, 4) is 0 Å². The van der Waals surface area contributed by atoms with Gasteiger partial charge in [-0.3, -0.25) is 4.79 Å². The van der Waals surface area contributed by atoms with Gasteiger partial charge >= 0.3 is 5.97 Å². The lowest BCUT2D eigenvalue weighted by molar-refractivity contribution is -0.382. The predicted molar refractivity (Wildman–Crippen MR) is 348 cm³/mol. The van der Waals surface area contributed by atoms with Crippen LogP contribution in [0, 0.1) is 11.3 Å². The molecule has 0 spiro atoms. The summed E-state index contributed by atoms with van der Waals surface area (Å²) in [6, 6.07) is 69.6. The Morgan fingerprint density at radius 3 is 1.26 bits per heavy atom. The summed E-state index contributed by atoms with van der Waals surface area (Å²) in [5, 5.41) is 0. The normalized spacial score (nSPS) is 25.8. The third kappa shape index (κ3) is 20.1. The molecular formula is C77H90O15. The van der Waals surface area contributed by atoms with Crippen molar-refractivity contribution in [3.63, 3.8) is 0 Å². The molecule has 14 atom stereocenters. The Bertz CT molecular complexity index is 3180. The number of esters is 1. The van der Waals surface area contributed by atoms with Crippen LogP contribution in [0.4, 0.5) is 0 Å². The molecule has 7 aromatic carbocycles. The molecule has 0 bridgehead atoms. The summed E-state index contributed by atoms with van der Waals surface area (Å²) in [4.78, 5) is 14.7. The first kappa shape index (κ1) is 68.1. The summed E-state index contributed by atoms with van der Waals surface area (Å²) < 4.78 is 98.1. The second kappa shape index (κ2) is 35.5. The molecule has 0 N–H and O–H groups in total. The summed E-state index contributed by atoms with van der Waals surface area (Å²) >= 11 is 0. The van der Waals surface area contributed by atoms with Crippen LogP contribution in [0.25, 0.3) is 0 Å². The van der Waals surface area contributed by atoms with Crippen molar-refractivity contribution in [3.05, 3.63) is 264 Å². The van der Waals surface area contributed by atoms with Crippen LogP contribution in [0.1, 0.15) is 79.5 Å². The van der Waals surface area contributed by atoms with E-state index in [2.05, 4.69) is 6.58 Å². The minimum absolute atomic E-state index is 0.00371. The van der Waals surface area contributed by atoms with Crippen molar-refractivity contribution in [2.45, 2.75) is 167 Å². The summed E-state index contributed by atoms with van der Waals surface area (Å²) in [6.07, 6.45) is -8.82. The van der Waals surface area contributed by atoms with E-state index in [0.717, 1.165) is 45.4 Å². The lowest BCUT2D eigenvalue weighted by Crippen LogP contribution is -2.66. The first-order valence-electron chi connectivity index (χ1n) is 32.2. The van der Waals surface area contributed by atoms with Crippen molar-refractivity contribution in [1.29, 1.82) is 0 Å². The average Bonchev–Trinajstić information content (AvgIpc) is 0.789. The minimum atomic E-state index is -1.33. The zero-order valence-electron chi connectivity index (χ0n) is 53.4. The van der Waals surface area contributed by atoms with E-state index in [1.165, 1.54) is 0 Å². The minimum Gasteiger partial charge on any atom is -0.454 e. The number of hydrogen-bond donors (Lipinski definition) is 0. The third-order valence-electron chi connectivity index (χ3n) is 16.4. The van der Waals surface area contributed by atoms with Gasteiger partial charge in [0.25, 0.3) is 0 Å². The molecular weight excluding hydrogens is 1160 g/mol. The highest BCUT2D eigenvalue weighted by atomic mass is 16.8. The van der Waals surface area contributed by atoms with Gasteiger partial charge in [0.05, 0.1) is 84.2 Å². The first-order valence-corrected chi connectivity index (χ1v) is 32.2. The highest BCUT2D eigenvalue weighted by Crippen LogP contribution is 2.40. The Morgan fingerprint density at radius 1 is 0.435 bits per heavy atom. The van der Waals surface area contributed by atoms with Gasteiger partial charge in [-0.05, 0) is 72.6 Å². The largest absolute Gasteiger partial charge is 0.454 e. The lowest BCUT2D eigenvalue weighted by atomic mass is 9.91. The molecule has 92 heavy (non-hydrogen) atoms. The average molecular weight is 1260 g/mol. The molecule has 3 heterocycles. The Morgan fingerprint density at radius 2 is 0.815 bits per heavy atom. The van der Waals surface area contributed by atoms with E-state index in [9.17, 15) is 4.79 Å². The number of ether oxygens (including phenoxy) is 14. The second-order valence-electron chi connectivity index (χ2n) is 24.7. The monoisotopic (exact) mass is 1250 g/mol. The topological polar surface area (TPSA) is 146 Å². The molecule has 3 aliphatic rings. The number of unbranched alkanes of at least 4 members (excludes halogenated alkanes) is 1. The molecule has 0 aliphatic carbocycles. The van der Waals surface area contributed by atoms with E-state index in [1.807, 2.05) is 246 Å². The summed E-state index contributed by atoms with van der Waals surface area (Å²) in [7, 11) is 0. The number of hydrogen-bond acceptors (Lipinski definition) is 15. The molecule has 3 aliphatic heterocycles. The number of rotatable bonds is 33. The quantitative estimate of drug-likeness (QED) is 0.0218. The molecule has 7 aromatic rings. The van der Waals surface area contributed by atoms with Gasteiger partial charge in [-0.1, -0.05) is 225 Å². The number of allylic oxidation sites excluding steroid dienone is 1. The van der Waals surface area contributed by atoms with Crippen LogP contribution in [0.5, 0.6) is 0 Å². The molecule has 488 valence electrons. The van der Waals surface area contributed by atoms with Crippen LogP contribution in [0.3, 0.4) is 0 Å². The van der Waals surface area contributed by atoms with E-state index in [1.54, 1.807) is 0 Å². The smallest absolute Gasteiger partial charge is 0.311 e. The summed E-state index contributed by atoms with van der Waals surface area (Å²) in [6.45, 7) is 13.6. The van der Waals surface area contributed by atoms with Gasteiger partial charge in [0, 0.05) is 5.92 Å². The van der Waals surface area contributed by atoms with E-state index >= 15 is 0 Å². The van der Waals surface area contributed by atoms with Crippen LogP contribution < -0.4 is 0 Å². The van der Waals surface area contributed by atoms with E-state index in [4.69, 9.17) is 66.3 Å². The third-order valence-corrected chi connectivity index (χ3v) is 16.4. The van der Waals surface area contributed by atoms with Crippen LogP contribution in [-0.4, -0.2) is 112 Å². The fourth-order valence-corrected chi connectivity index (χ4v) is 11.4. The van der Waals surface area contributed by atoms with Crippen molar-refractivity contribution in [2.75, 3.05) is 26.4 Å². The Hall–Kier alpha value is -6.77.